The lowest BCUT2D eigenvalue weighted by atomic mass is 10.3. The van der Waals surface area contributed by atoms with Gasteiger partial charge in [0, 0.05) is 6.08 Å². The number of aryl methyl sites for hydroxylation is 1. The van der Waals surface area contributed by atoms with Gasteiger partial charge < -0.3 is 0 Å². The van der Waals surface area contributed by atoms with Gasteiger partial charge in [0.1, 0.15) is 10.0 Å². The summed E-state index contributed by atoms with van der Waals surface area (Å²) in [4.78, 5) is 16.2. The Morgan fingerprint density at radius 2 is 2.10 bits per heavy atom. The normalized spacial score (nSPS) is 11.2. The average molecular weight is 302 g/mol. The van der Waals surface area contributed by atoms with Crippen molar-refractivity contribution < 1.29 is 4.79 Å². The molecule has 2 aromatic heterocycles. The third-order valence-corrected chi connectivity index (χ3v) is 4.20. The van der Waals surface area contributed by atoms with Gasteiger partial charge in [0.05, 0.1) is 10.2 Å². The van der Waals surface area contributed by atoms with Crippen LogP contribution in [0.15, 0.2) is 30.3 Å². The summed E-state index contributed by atoms with van der Waals surface area (Å²) in [6.45, 7) is 1.84. The molecule has 0 aliphatic carbocycles. The summed E-state index contributed by atoms with van der Waals surface area (Å²) < 4.78 is 1.10. The highest BCUT2D eigenvalue weighted by molar-refractivity contribution is 7.19. The number of hydrogen-bond donors (Lipinski definition) is 1. The molecule has 3 aromatic rings. The number of fused-ring (bicyclic) bond motifs is 1. The highest BCUT2D eigenvalue weighted by atomic mass is 32.1. The van der Waals surface area contributed by atoms with Crippen LogP contribution in [0.25, 0.3) is 16.3 Å². The third kappa shape index (κ3) is 2.89. The van der Waals surface area contributed by atoms with Gasteiger partial charge >= 0.3 is 0 Å². The first-order chi connectivity index (χ1) is 9.70. The first-order valence-electron chi connectivity index (χ1n) is 5.85. The van der Waals surface area contributed by atoms with Crippen LogP contribution in [-0.2, 0) is 4.79 Å². The van der Waals surface area contributed by atoms with Gasteiger partial charge in [-0.3, -0.25) is 10.1 Å². The van der Waals surface area contributed by atoms with Crippen LogP contribution in [0.5, 0.6) is 0 Å². The Hall–Kier alpha value is -2.12. The molecule has 20 heavy (non-hydrogen) atoms. The minimum absolute atomic E-state index is 0.236. The molecule has 7 heteroatoms. The number of thiazole rings is 1. The van der Waals surface area contributed by atoms with E-state index in [2.05, 4.69) is 20.5 Å². The number of rotatable bonds is 3. The lowest BCUT2D eigenvalue weighted by molar-refractivity contribution is -0.111. The summed E-state index contributed by atoms with van der Waals surface area (Å²) in [6, 6.07) is 7.88. The minimum atomic E-state index is -0.236. The molecule has 5 nitrogen and oxygen atoms in total. The maximum atomic E-state index is 11.7. The molecule has 0 saturated carbocycles. The predicted octanol–water partition coefficient (Wildman–Crippen LogP) is 3.11. The quantitative estimate of drug-likeness (QED) is 0.755. The van der Waals surface area contributed by atoms with Crippen LogP contribution in [0.3, 0.4) is 0 Å². The monoisotopic (exact) mass is 302 g/mol. The number of nitrogens with zero attached hydrogens (tertiary/aromatic N) is 3. The van der Waals surface area contributed by atoms with Gasteiger partial charge in [-0.2, -0.15) is 0 Å². The summed E-state index contributed by atoms with van der Waals surface area (Å²) >= 11 is 2.89. The Kier molecular flexibility index (Phi) is 3.53. The second-order valence-electron chi connectivity index (χ2n) is 3.97. The molecule has 3 rings (SSSR count). The van der Waals surface area contributed by atoms with Crippen LogP contribution >= 0.6 is 22.7 Å². The fraction of sp³-hybridized carbons (Fsp3) is 0.0769. The first-order valence-corrected chi connectivity index (χ1v) is 7.49. The topological polar surface area (TPSA) is 67.8 Å². The fourth-order valence-corrected chi connectivity index (χ4v) is 3.07. The number of carbonyl (C=O) groups excluding carboxylic acids is 1. The molecule has 0 fully saturated rings. The van der Waals surface area contributed by atoms with Gasteiger partial charge in [-0.15, -0.1) is 21.5 Å². The van der Waals surface area contributed by atoms with Crippen molar-refractivity contribution in [3.05, 3.63) is 40.4 Å². The fourth-order valence-electron chi connectivity index (χ4n) is 1.60. The molecule has 100 valence electrons. The van der Waals surface area contributed by atoms with Crippen molar-refractivity contribution in [2.75, 3.05) is 5.32 Å². The molecule has 1 amide bonds. The van der Waals surface area contributed by atoms with Crippen LogP contribution in [0.1, 0.15) is 10.0 Å². The highest BCUT2D eigenvalue weighted by Crippen LogP contribution is 2.22. The van der Waals surface area contributed by atoms with Gasteiger partial charge in [0.2, 0.25) is 11.0 Å². The van der Waals surface area contributed by atoms with Crippen molar-refractivity contribution in [3.8, 4) is 0 Å². The van der Waals surface area contributed by atoms with E-state index in [4.69, 9.17) is 0 Å². The summed E-state index contributed by atoms with van der Waals surface area (Å²) in [7, 11) is 0. The molecule has 0 unspecified atom stereocenters. The summed E-state index contributed by atoms with van der Waals surface area (Å²) in [5, 5.41) is 12.5. The predicted molar refractivity (Wildman–Crippen MR) is 81.9 cm³/mol. The van der Waals surface area contributed by atoms with Crippen LogP contribution in [0.4, 0.5) is 5.13 Å². The SMILES string of the molecule is Cc1nnc(NC(=O)/C=C/c2nc3ccccc3s2)s1. The molecule has 0 spiro atoms. The Labute approximate surface area is 123 Å². The number of carbonyl (C=O) groups is 1. The lowest BCUT2D eigenvalue weighted by Crippen LogP contribution is -2.07. The van der Waals surface area contributed by atoms with Crippen LogP contribution < -0.4 is 5.32 Å². The molecule has 0 aliphatic heterocycles. The van der Waals surface area contributed by atoms with Crippen molar-refractivity contribution in [2.45, 2.75) is 6.92 Å². The summed E-state index contributed by atoms with van der Waals surface area (Å²) in [5.41, 5.74) is 0.942. The van der Waals surface area contributed by atoms with E-state index < -0.39 is 0 Å². The van der Waals surface area contributed by atoms with Crippen molar-refractivity contribution in [1.29, 1.82) is 0 Å². The van der Waals surface area contributed by atoms with E-state index in [0.29, 0.717) is 5.13 Å². The van der Waals surface area contributed by atoms with E-state index in [9.17, 15) is 4.79 Å². The molecule has 0 aliphatic rings. The van der Waals surface area contributed by atoms with Crippen LogP contribution in [-0.4, -0.2) is 21.1 Å². The highest BCUT2D eigenvalue weighted by Gasteiger charge is 2.04. The molecule has 0 radical (unpaired) electrons. The number of para-hydroxylation sites is 1. The average Bonchev–Trinajstić information content (AvgIpc) is 3.02. The third-order valence-electron chi connectivity index (χ3n) is 2.44. The van der Waals surface area contributed by atoms with E-state index in [1.54, 1.807) is 17.4 Å². The van der Waals surface area contributed by atoms with E-state index in [-0.39, 0.29) is 5.91 Å². The summed E-state index contributed by atoms with van der Waals surface area (Å²) in [6.07, 6.45) is 3.16. The Morgan fingerprint density at radius 1 is 1.25 bits per heavy atom. The minimum Gasteiger partial charge on any atom is -0.297 e. The van der Waals surface area contributed by atoms with Crippen molar-refractivity contribution in [2.24, 2.45) is 0 Å². The molecular weight excluding hydrogens is 292 g/mol. The first kappa shape index (κ1) is 12.9. The Balaban J connectivity index is 1.71. The van der Waals surface area contributed by atoms with Gasteiger partial charge in [-0.25, -0.2) is 4.98 Å². The molecule has 2 heterocycles. The van der Waals surface area contributed by atoms with E-state index in [1.165, 1.54) is 17.4 Å². The van der Waals surface area contributed by atoms with E-state index >= 15 is 0 Å². The van der Waals surface area contributed by atoms with Crippen LogP contribution in [0.2, 0.25) is 0 Å². The number of nitrogens with one attached hydrogen (secondary N) is 1. The zero-order chi connectivity index (χ0) is 13.9. The number of hydrogen-bond acceptors (Lipinski definition) is 6. The van der Waals surface area contributed by atoms with Crippen molar-refractivity contribution in [3.63, 3.8) is 0 Å². The zero-order valence-electron chi connectivity index (χ0n) is 10.5. The molecule has 1 aromatic carbocycles. The summed E-state index contributed by atoms with van der Waals surface area (Å²) in [5.74, 6) is -0.236. The molecular formula is C13H10N4OS2. The van der Waals surface area contributed by atoms with Gasteiger partial charge in [-0.1, -0.05) is 23.5 Å². The molecule has 0 saturated heterocycles. The second-order valence-corrected chi connectivity index (χ2v) is 6.21. The molecule has 1 N–H and O–H groups in total. The Morgan fingerprint density at radius 3 is 2.85 bits per heavy atom. The van der Waals surface area contributed by atoms with Gasteiger partial charge in [0.15, 0.2) is 0 Å². The number of anilines is 1. The van der Waals surface area contributed by atoms with Gasteiger partial charge in [-0.05, 0) is 25.1 Å². The van der Waals surface area contributed by atoms with Crippen molar-refractivity contribution >= 4 is 50.0 Å². The number of aromatic nitrogens is 3. The second kappa shape index (κ2) is 5.48. The van der Waals surface area contributed by atoms with E-state index in [0.717, 1.165) is 20.2 Å². The van der Waals surface area contributed by atoms with Gasteiger partial charge in [0.25, 0.3) is 0 Å². The Bertz CT molecular complexity index is 757. The molecule has 0 atom stereocenters. The number of benzene rings is 1. The zero-order valence-corrected chi connectivity index (χ0v) is 12.2. The maximum absolute atomic E-state index is 11.7. The largest absolute Gasteiger partial charge is 0.297 e. The number of amides is 1. The maximum Gasteiger partial charge on any atom is 0.250 e. The smallest absolute Gasteiger partial charge is 0.250 e. The molecule has 0 bridgehead atoms. The lowest BCUT2D eigenvalue weighted by Gasteiger charge is -1.92. The van der Waals surface area contributed by atoms with E-state index in [1.807, 2.05) is 31.2 Å². The van der Waals surface area contributed by atoms with Crippen molar-refractivity contribution in [1.82, 2.24) is 15.2 Å². The standard InChI is InChI=1S/C13H10N4OS2/c1-8-16-17-13(19-8)15-11(18)6-7-12-14-9-4-2-3-5-10(9)20-12/h2-7H,1H3,(H,15,17,18)/b7-6+. The van der Waals surface area contributed by atoms with Crippen LogP contribution in [0, 0.1) is 6.92 Å².